The van der Waals surface area contributed by atoms with Crippen LogP contribution in [0.25, 0.3) is 0 Å². The molecule has 0 radical (unpaired) electrons. The van der Waals surface area contributed by atoms with Gasteiger partial charge in [-0.3, -0.25) is 0 Å². The topological polar surface area (TPSA) is 49.9 Å². The molecule has 0 aliphatic heterocycles. The second-order valence-corrected chi connectivity index (χ2v) is 2.68. The smallest absolute Gasteiger partial charge is 0.135 e. The summed E-state index contributed by atoms with van der Waals surface area (Å²) in [5.41, 5.74) is 0. The third-order valence-corrected chi connectivity index (χ3v) is 1.55. The van der Waals surface area contributed by atoms with Crippen LogP contribution in [0.1, 0.15) is 5.82 Å². The molecule has 1 rings (SSSR count). The molecule has 2 N–H and O–H groups in total. The van der Waals surface area contributed by atoms with E-state index in [1.165, 1.54) is 0 Å². The summed E-state index contributed by atoms with van der Waals surface area (Å²) in [7, 11) is 3.43. The third-order valence-electron chi connectivity index (χ3n) is 1.34. The zero-order valence-corrected chi connectivity index (χ0v) is 7.86. The molecule has 5 heteroatoms. The maximum Gasteiger partial charge on any atom is 0.135 e. The number of ether oxygens (including phenoxy) is 1. The lowest BCUT2D eigenvalue weighted by Gasteiger charge is -2.03. The van der Waals surface area contributed by atoms with Crippen molar-refractivity contribution in [1.82, 2.24) is 9.97 Å². The molecule has 0 aliphatic rings. The number of hydrogen-bond acceptors (Lipinski definition) is 4. The maximum absolute atomic E-state index is 4.94. The first-order valence-corrected chi connectivity index (χ1v) is 3.94. The van der Waals surface area contributed by atoms with E-state index in [1.54, 1.807) is 13.2 Å². The van der Waals surface area contributed by atoms with E-state index in [9.17, 15) is 0 Å². The highest BCUT2D eigenvalue weighted by Gasteiger charge is 1.95. The van der Waals surface area contributed by atoms with Gasteiger partial charge >= 0.3 is 0 Å². The summed E-state index contributed by atoms with van der Waals surface area (Å²) >= 11 is 4.94. The van der Waals surface area contributed by atoms with Gasteiger partial charge in [-0.05, 0) is 0 Å². The minimum Gasteiger partial charge on any atom is -0.377 e. The molecule has 1 aromatic heterocycles. The van der Waals surface area contributed by atoms with E-state index in [2.05, 4.69) is 15.3 Å². The predicted octanol–water partition coefficient (Wildman–Crippen LogP) is 1.33. The molecule has 0 amide bonds. The van der Waals surface area contributed by atoms with Crippen molar-refractivity contribution in [2.45, 2.75) is 6.61 Å². The molecule has 0 atom stereocenters. The van der Waals surface area contributed by atoms with Gasteiger partial charge in [0, 0.05) is 20.2 Å². The SMILES string of the molecule is CNc1cc(=S)nc(COC)[nH]1. The lowest BCUT2D eigenvalue weighted by molar-refractivity contribution is 0.178. The van der Waals surface area contributed by atoms with Crippen LogP contribution in [0.4, 0.5) is 5.82 Å². The summed E-state index contributed by atoms with van der Waals surface area (Å²) in [6.07, 6.45) is 0. The Balaban J connectivity index is 2.98. The van der Waals surface area contributed by atoms with Crippen LogP contribution in [-0.2, 0) is 11.3 Å². The van der Waals surface area contributed by atoms with Gasteiger partial charge in [0.2, 0.25) is 0 Å². The average molecular weight is 185 g/mol. The van der Waals surface area contributed by atoms with Crippen molar-refractivity contribution in [2.24, 2.45) is 0 Å². The first kappa shape index (κ1) is 9.15. The van der Waals surface area contributed by atoms with Crippen LogP contribution in [-0.4, -0.2) is 24.1 Å². The Morgan fingerprint density at radius 3 is 3.08 bits per heavy atom. The molecule has 0 spiro atoms. The average Bonchev–Trinajstić information content (AvgIpc) is 2.04. The summed E-state index contributed by atoms with van der Waals surface area (Å²) in [5, 5.41) is 2.95. The molecule has 0 bridgehead atoms. The lowest BCUT2D eigenvalue weighted by Crippen LogP contribution is -2.00. The van der Waals surface area contributed by atoms with Crippen LogP contribution in [0.3, 0.4) is 0 Å². The zero-order valence-electron chi connectivity index (χ0n) is 7.05. The number of aromatic amines is 1. The molecular formula is C7H11N3OS. The highest BCUT2D eigenvalue weighted by molar-refractivity contribution is 7.71. The van der Waals surface area contributed by atoms with Gasteiger partial charge in [-0.15, -0.1) is 0 Å². The summed E-state index contributed by atoms with van der Waals surface area (Å²) in [5.74, 6) is 1.58. The number of methoxy groups -OCH3 is 1. The normalized spacial score (nSPS) is 9.83. The van der Waals surface area contributed by atoms with E-state index in [-0.39, 0.29) is 0 Å². The number of H-pyrrole nitrogens is 1. The molecule has 0 saturated carbocycles. The first-order valence-electron chi connectivity index (χ1n) is 3.53. The monoisotopic (exact) mass is 185 g/mol. The summed E-state index contributed by atoms with van der Waals surface area (Å²) in [4.78, 5) is 7.09. The van der Waals surface area contributed by atoms with Gasteiger partial charge in [-0.2, -0.15) is 0 Å². The maximum atomic E-state index is 4.94. The lowest BCUT2D eigenvalue weighted by atomic mass is 10.5. The quantitative estimate of drug-likeness (QED) is 0.697. The van der Waals surface area contributed by atoms with Crippen molar-refractivity contribution in [3.05, 3.63) is 16.5 Å². The van der Waals surface area contributed by atoms with E-state index >= 15 is 0 Å². The van der Waals surface area contributed by atoms with Gasteiger partial charge in [0.15, 0.2) is 0 Å². The summed E-state index contributed by atoms with van der Waals surface area (Å²) in [6.45, 7) is 0.444. The van der Waals surface area contributed by atoms with Crippen molar-refractivity contribution in [2.75, 3.05) is 19.5 Å². The van der Waals surface area contributed by atoms with Crippen LogP contribution in [0, 0.1) is 4.64 Å². The second kappa shape index (κ2) is 4.18. The van der Waals surface area contributed by atoms with Crippen molar-refractivity contribution >= 4 is 18.0 Å². The van der Waals surface area contributed by atoms with Gasteiger partial charge in [-0.25, -0.2) is 4.98 Å². The summed E-state index contributed by atoms with van der Waals surface area (Å²) in [6, 6.07) is 1.76. The van der Waals surface area contributed by atoms with Gasteiger partial charge in [0.25, 0.3) is 0 Å². The molecule has 0 aromatic carbocycles. The molecule has 0 fully saturated rings. The molecule has 1 aromatic rings. The van der Waals surface area contributed by atoms with Crippen LogP contribution in [0.5, 0.6) is 0 Å². The standard InChI is InChI=1S/C7H11N3OS/c1-8-5-3-7(12)10-6(9-5)4-11-2/h3H,4H2,1-2H3,(H2,8,9,10,12). The molecule has 0 aliphatic carbocycles. The molecule has 0 saturated heterocycles. The van der Waals surface area contributed by atoms with Crippen molar-refractivity contribution in [1.29, 1.82) is 0 Å². The van der Waals surface area contributed by atoms with E-state index in [0.29, 0.717) is 11.2 Å². The van der Waals surface area contributed by atoms with Gasteiger partial charge in [0.05, 0.1) is 0 Å². The van der Waals surface area contributed by atoms with E-state index in [4.69, 9.17) is 17.0 Å². The van der Waals surface area contributed by atoms with E-state index < -0.39 is 0 Å². The minimum absolute atomic E-state index is 0.444. The van der Waals surface area contributed by atoms with Crippen LogP contribution in [0.2, 0.25) is 0 Å². The molecular weight excluding hydrogens is 174 g/mol. The summed E-state index contributed by atoms with van der Waals surface area (Å²) < 4.78 is 5.47. The second-order valence-electron chi connectivity index (χ2n) is 2.26. The van der Waals surface area contributed by atoms with E-state index in [1.807, 2.05) is 7.05 Å². The van der Waals surface area contributed by atoms with E-state index in [0.717, 1.165) is 11.6 Å². The van der Waals surface area contributed by atoms with Gasteiger partial charge < -0.3 is 15.0 Å². The van der Waals surface area contributed by atoms with Crippen molar-refractivity contribution < 1.29 is 4.74 Å². The fraction of sp³-hybridized carbons (Fsp3) is 0.429. The molecule has 66 valence electrons. The Bertz CT molecular complexity index is 310. The van der Waals surface area contributed by atoms with Gasteiger partial charge in [-0.1, -0.05) is 12.2 Å². The number of aromatic nitrogens is 2. The van der Waals surface area contributed by atoms with Crippen LogP contribution >= 0.6 is 12.2 Å². The number of rotatable bonds is 3. The minimum atomic E-state index is 0.444. The number of hydrogen-bond donors (Lipinski definition) is 2. The Hall–Kier alpha value is -0.940. The number of nitrogens with zero attached hydrogens (tertiary/aromatic N) is 1. The fourth-order valence-electron chi connectivity index (χ4n) is 0.848. The predicted molar refractivity (Wildman–Crippen MR) is 49.7 cm³/mol. The highest BCUT2D eigenvalue weighted by Crippen LogP contribution is 2.02. The molecule has 0 unspecified atom stereocenters. The van der Waals surface area contributed by atoms with Crippen LogP contribution < -0.4 is 5.32 Å². The first-order chi connectivity index (χ1) is 5.76. The number of nitrogens with one attached hydrogen (secondary N) is 2. The molecule has 4 nitrogen and oxygen atoms in total. The third kappa shape index (κ3) is 2.28. The largest absolute Gasteiger partial charge is 0.377 e. The fourth-order valence-corrected chi connectivity index (χ4v) is 1.08. The Kier molecular flexibility index (Phi) is 3.19. The molecule has 12 heavy (non-hydrogen) atoms. The van der Waals surface area contributed by atoms with Crippen LogP contribution in [0.15, 0.2) is 6.07 Å². The Labute approximate surface area is 76.0 Å². The Morgan fingerprint density at radius 2 is 2.50 bits per heavy atom. The highest BCUT2D eigenvalue weighted by atomic mass is 32.1. The molecule has 1 heterocycles. The Morgan fingerprint density at radius 1 is 1.75 bits per heavy atom. The van der Waals surface area contributed by atoms with Crippen molar-refractivity contribution in [3.63, 3.8) is 0 Å². The number of anilines is 1. The van der Waals surface area contributed by atoms with Crippen molar-refractivity contribution in [3.8, 4) is 0 Å². The van der Waals surface area contributed by atoms with Gasteiger partial charge in [0.1, 0.15) is 22.9 Å². The zero-order chi connectivity index (χ0) is 8.97.